The second kappa shape index (κ2) is 6.68. The van der Waals surface area contributed by atoms with Gasteiger partial charge < -0.3 is 10.1 Å². The molecule has 0 saturated heterocycles. The van der Waals surface area contributed by atoms with Gasteiger partial charge in [-0.1, -0.05) is 12.1 Å². The molecule has 1 heterocycles. The van der Waals surface area contributed by atoms with E-state index in [0.717, 1.165) is 0 Å². The van der Waals surface area contributed by atoms with Gasteiger partial charge in [0.25, 0.3) is 5.91 Å². The highest BCUT2D eigenvalue weighted by Gasteiger charge is 2.16. The minimum Gasteiger partial charge on any atom is -0.465 e. The monoisotopic (exact) mass is 338 g/mol. The molecule has 0 bridgehead atoms. The molecule has 6 heteroatoms. The number of pyridine rings is 1. The fraction of sp³-hybridized carbons (Fsp3) is 0.105. The van der Waals surface area contributed by atoms with Crippen molar-refractivity contribution in [1.29, 1.82) is 0 Å². The average molecular weight is 338 g/mol. The van der Waals surface area contributed by atoms with E-state index in [1.54, 1.807) is 43.3 Å². The Morgan fingerprint density at radius 1 is 1.08 bits per heavy atom. The Balaban J connectivity index is 1.97. The summed E-state index contributed by atoms with van der Waals surface area (Å²) >= 11 is 0. The van der Waals surface area contributed by atoms with Gasteiger partial charge in [-0.25, -0.2) is 9.18 Å². The average Bonchev–Trinajstić information content (AvgIpc) is 2.60. The van der Waals surface area contributed by atoms with Crippen LogP contribution in [0.4, 0.5) is 10.1 Å². The van der Waals surface area contributed by atoms with Crippen LogP contribution < -0.4 is 5.32 Å². The fourth-order valence-electron chi connectivity index (χ4n) is 2.54. The van der Waals surface area contributed by atoms with Crippen molar-refractivity contribution in [3.63, 3.8) is 0 Å². The van der Waals surface area contributed by atoms with Crippen LogP contribution in [0.2, 0.25) is 0 Å². The highest BCUT2D eigenvalue weighted by Crippen LogP contribution is 2.21. The number of hydrogen-bond acceptors (Lipinski definition) is 4. The van der Waals surface area contributed by atoms with E-state index in [4.69, 9.17) is 4.74 Å². The fourth-order valence-corrected chi connectivity index (χ4v) is 2.54. The largest absolute Gasteiger partial charge is 0.465 e. The minimum atomic E-state index is -0.542. The molecule has 0 aliphatic rings. The molecule has 126 valence electrons. The van der Waals surface area contributed by atoms with Crippen molar-refractivity contribution in [1.82, 2.24) is 4.98 Å². The normalized spacial score (nSPS) is 10.5. The Bertz CT molecular complexity index is 986. The van der Waals surface area contributed by atoms with Crippen LogP contribution in [0.5, 0.6) is 0 Å². The van der Waals surface area contributed by atoms with Crippen molar-refractivity contribution in [2.45, 2.75) is 6.92 Å². The Hall–Kier alpha value is -3.28. The molecule has 0 aliphatic heterocycles. The standard InChI is InChI=1S/C19H15FN2O3/c1-11-15(9-12-7-8-13(20)10-17(12)21-11)18(23)22-16-6-4-3-5-14(16)19(24)25-2/h3-10H,1-2H3,(H,22,23). The summed E-state index contributed by atoms with van der Waals surface area (Å²) in [4.78, 5) is 28.7. The van der Waals surface area contributed by atoms with Gasteiger partial charge in [0.15, 0.2) is 0 Å². The second-order valence-electron chi connectivity index (χ2n) is 5.45. The van der Waals surface area contributed by atoms with E-state index in [1.807, 2.05) is 0 Å². The maximum atomic E-state index is 13.3. The van der Waals surface area contributed by atoms with Crippen molar-refractivity contribution in [3.8, 4) is 0 Å². The first-order valence-corrected chi connectivity index (χ1v) is 7.55. The number of aryl methyl sites for hydroxylation is 1. The number of para-hydroxylation sites is 1. The molecule has 5 nitrogen and oxygen atoms in total. The number of nitrogens with zero attached hydrogens (tertiary/aromatic N) is 1. The van der Waals surface area contributed by atoms with Gasteiger partial charge in [0.2, 0.25) is 0 Å². The summed E-state index contributed by atoms with van der Waals surface area (Å²) in [5.74, 6) is -1.34. The number of aromatic nitrogens is 1. The molecule has 0 unspecified atom stereocenters. The van der Waals surface area contributed by atoms with E-state index in [0.29, 0.717) is 27.8 Å². The van der Waals surface area contributed by atoms with Crippen molar-refractivity contribution < 1.29 is 18.7 Å². The zero-order chi connectivity index (χ0) is 18.0. The molecule has 1 aromatic heterocycles. The number of benzene rings is 2. The van der Waals surface area contributed by atoms with Gasteiger partial charge in [-0.15, -0.1) is 0 Å². The van der Waals surface area contributed by atoms with Crippen molar-refractivity contribution in [2.24, 2.45) is 0 Å². The highest BCUT2D eigenvalue weighted by atomic mass is 19.1. The van der Waals surface area contributed by atoms with Crippen molar-refractivity contribution in [3.05, 3.63) is 71.2 Å². The Morgan fingerprint density at radius 3 is 2.60 bits per heavy atom. The first kappa shape index (κ1) is 16.6. The Kier molecular flexibility index (Phi) is 4.43. The van der Waals surface area contributed by atoms with Crippen LogP contribution in [0.15, 0.2) is 48.5 Å². The lowest BCUT2D eigenvalue weighted by molar-refractivity contribution is 0.0602. The van der Waals surface area contributed by atoms with Gasteiger partial charge in [-0.3, -0.25) is 9.78 Å². The number of nitrogens with one attached hydrogen (secondary N) is 1. The van der Waals surface area contributed by atoms with Crippen molar-refractivity contribution >= 4 is 28.5 Å². The topological polar surface area (TPSA) is 68.3 Å². The van der Waals surface area contributed by atoms with E-state index in [2.05, 4.69) is 10.3 Å². The third kappa shape index (κ3) is 3.33. The number of methoxy groups -OCH3 is 1. The lowest BCUT2D eigenvalue weighted by Crippen LogP contribution is -2.17. The van der Waals surface area contributed by atoms with Crippen LogP contribution in [0.3, 0.4) is 0 Å². The minimum absolute atomic E-state index is 0.256. The maximum absolute atomic E-state index is 13.3. The molecule has 2 aromatic carbocycles. The molecule has 25 heavy (non-hydrogen) atoms. The third-order valence-electron chi connectivity index (χ3n) is 3.80. The molecule has 0 atom stereocenters. The molecule has 1 N–H and O–H groups in total. The van der Waals surface area contributed by atoms with E-state index in [-0.39, 0.29) is 11.4 Å². The number of ether oxygens (including phenoxy) is 1. The predicted octanol–water partition coefficient (Wildman–Crippen LogP) is 3.72. The number of carbonyl (C=O) groups is 2. The number of carbonyl (C=O) groups excluding carboxylic acids is 2. The number of hydrogen-bond donors (Lipinski definition) is 1. The second-order valence-corrected chi connectivity index (χ2v) is 5.45. The third-order valence-corrected chi connectivity index (χ3v) is 3.80. The van der Waals surface area contributed by atoms with Crippen LogP contribution in [0.1, 0.15) is 26.4 Å². The first-order chi connectivity index (χ1) is 12.0. The Labute approximate surface area is 143 Å². The van der Waals surface area contributed by atoms with E-state index < -0.39 is 11.9 Å². The number of fused-ring (bicyclic) bond motifs is 1. The lowest BCUT2D eigenvalue weighted by atomic mass is 10.1. The quantitative estimate of drug-likeness (QED) is 0.739. The van der Waals surface area contributed by atoms with Gasteiger partial charge in [0.05, 0.1) is 35.1 Å². The molecular formula is C19H15FN2O3. The SMILES string of the molecule is COC(=O)c1ccccc1NC(=O)c1cc2ccc(F)cc2nc1C. The lowest BCUT2D eigenvalue weighted by Gasteiger charge is -2.11. The number of anilines is 1. The molecule has 1 amide bonds. The number of esters is 1. The van der Waals surface area contributed by atoms with Crippen LogP contribution >= 0.6 is 0 Å². The summed E-state index contributed by atoms with van der Waals surface area (Å²) < 4.78 is 18.0. The van der Waals surface area contributed by atoms with E-state index in [9.17, 15) is 14.0 Å². The molecule has 3 aromatic rings. The molecule has 0 saturated carbocycles. The van der Waals surface area contributed by atoms with Gasteiger partial charge in [-0.05, 0) is 37.3 Å². The summed E-state index contributed by atoms with van der Waals surface area (Å²) in [6.07, 6.45) is 0. The van der Waals surface area contributed by atoms with Crippen LogP contribution in [-0.2, 0) is 4.74 Å². The van der Waals surface area contributed by atoms with E-state index in [1.165, 1.54) is 19.2 Å². The van der Waals surface area contributed by atoms with Gasteiger partial charge in [0.1, 0.15) is 5.82 Å². The molecule has 0 aliphatic carbocycles. The van der Waals surface area contributed by atoms with Crippen LogP contribution in [0.25, 0.3) is 10.9 Å². The van der Waals surface area contributed by atoms with Gasteiger partial charge in [-0.2, -0.15) is 0 Å². The smallest absolute Gasteiger partial charge is 0.339 e. The number of amides is 1. The van der Waals surface area contributed by atoms with Gasteiger partial charge >= 0.3 is 5.97 Å². The first-order valence-electron chi connectivity index (χ1n) is 7.55. The van der Waals surface area contributed by atoms with Crippen LogP contribution in [-0.4, -0.2) is 24.0 Å². The maximum Gasteiger partial charge on any atom is 0.339 e. The molecular weight excluding hydrogens is 323 g/mol. The highest BCUT2D eigenvalue weighted by molar-refractivity contribution is 6.09. The van der Waals surface area contributed by atoms with Gasteiger partial charge in [0, 0.05) is 11.5 Å². The zero-order valence-electron chi connectivity index (χ0n) is 13.7. The molecule has 0 fully saturated rings. The summed E-state index contributed by atoms with van der Waals surface area (Å²) in [6, 6.07) is 12.4. The number of halogens is 1. The Morgan fingerprint density at radius 2 is 1.84 bits per heavy atom. The summed E-state index contributed by atoms with van der Waals surface area (Å²) in [7, 11) is 1.28. The predicted molar refractivity (Wildman–Crippen MR) is 92.2 cm³/mol. The van der Waals surface area contributed by atoms with Crippen LogP contribution in [0, 0.1) is 12.7 Å². The number of rotatable bonds is 3. The summed E-state index contributed by atoms with van der Waals surface area (Å²) in [5, 5.41) is 3.36. The zero-order valence-corrected chi connectivity index (χ0v) is 13.7. The molecule has 0 spiro atoms. The summed E-state index contributed by atoms with van der Waals surface area (Å²) in [5.41, 5.74) is 1.89. The summed E-state index contributed by atoms with van der Waals surface area (Å²) in [6.45, 7) is 1.67. The van der Waals surface area contributed by atoms with Crippen molar-refractivity contribution in [2.75, 3.05) is 12.4 Å². The molecule has 0 radical (unpaired) electrons. The molecule has 3 rings (SSSR count). The van der Waals surface area contributed by atoms with E-state index >= 15 is 0 Å².